The number of aliphatic hydroxyl groups is 1. The van der Waals surface area contributed by atoms with Crippen molar-refractivity contribution in [1.82, 2.24) is 29.7 Å². The van der Waals surface area contributed by atoms with E-state index in [0.29, 0.717) is 35.2 Å². The number of fused-ring (bicyclic) bond motifs is 1. The van der Waals surface area contributed by atoms with Crippen LogP contribution in [0.25, 0.3) is 22.6 Å². The summed E-state index contributed by atoms with van der Waals surface area (Å²) in [5.41, 5.74) is 7.82. The Kier molecular flexibility index (Phi) is 7.24. The maximum absolute atomic E-state index is 10.2. The van der Waals surface area contributed by atoms with Crippen molar-refractivity contribution < 1.29 is 14.5 Å². The van der Waals surface area contributed by atoms with Crippen LogP contribution in [0.3, 0.4) is 0 Å². The van der Waals surface area contributed by atoms with Crippen LogP contribution in [0.2, 0.25) is 0 Å². The van der Waals surface area contributed by atoms with Crippen LogP contribution in [0.5, 0.6) is 5.88 Å². The van der Waals surface area contributed by atoms with Crippen molar-refractivity contribution in [3.8, 4) is 29.2 Å². The molecule has 36 heavy (non-hydrogen) atoms. The van der Waals surface area contributed by atoms with E-state index in [9.17, 15) is 5.11 Å². The molecule has 3 heterocycles. The molecule has 0 saturated heterocycles. The molecule has 0 amide bonds. The molecule has 10 heteroatoms. The van der Waals surface area contributed by atoms with E-state index >= 15 is 0 Å². The van der Waals surface area contributed by atoms with E-state index in [-0.39, 0.29) is 11.9 Å². The lowest BCUT2D eigenvalue weighted by atomic mass is 10.1. The molecule has 1 unspecified atom stereocenters. The second-order valence-corrected chi connectivity index (χ2v) is 9.27. The summed E-state index contributed by atoms with van der Waals surface area (Å²) in [4.78, 5) is 11.6. The van der Waals surface area contributed by atoms with Crippen molar-refractivity contribution in [3.63, 3.8) is 0 Å². The van der Waals surface area contributed by atoms with Gasteiger partial charge in [0.15, 0.2) is 17.3 Å². The van der Waals surface area contributed by atoms with E-state index in [1.54, 1.807) is 13.8 Å². The molecule has 4 rings (SSSR count). The van der Waals surface area contributed by atoms with E-state index in [0.717, 1.165) is 24.0 Å². The van der Waals surface area contributed by atoms with Crippen molar-refractivity contribution in [3.05, 3.63) is 47.7 Å². The number of nitrogens with zero attached hydrogens (tertiary/aromatic N) is 6. The fourth-order valence-corrected chi connectivity index (χ4v) is 3.79. The summed E-state index contributed by atoms with van der Waals surface area (Å²) in [6, 6.07) is 11.9. The highest BCUT2D eigenvalue weighted by Crippen LogP contribution is 2.32. The topological polar surface area (TPSA) is 128 Å². The van der Waals surface area contributed by atoms with Crippen LogP contribution in [0.4, 0.5) is 5.82 Å². The van der Waals surface area contributed by atoms with Crippen molar-refractivity contribution in [2.24, 2.45) is 0 Å². The van der Waals surface area contributed by atoms with Crippen molar-refractivity contribution in [1.29, 1.82) is 0 Å². The molecule has 4 aromatic rings. The second kappa shape index (κ2) is 10.4. The van der Waals surface area contributed by atoms with Crippen LogP contribution in [0, 0.1) is 11.8 Å². The zero-order valence-corrected chi connectivity index (χ0v) is 21.2. The van der Waals surface area contributed by atoms with Gasteiger partial charge in [0.1, 0.15) is 22.9 Å². The van der Waals surface area contributed by atoms with E-state index < -0.39 is 5.60 Å². The van der Waals surface area contributed by atoms with Crippen LogP contribution in [0.1, 0.15) is 44.6 Å². The first-order valence-electron chi connectivity index (χ1n) is 11.8. The third-order valence-electron chi connectivity index (χ3n) is 5.51. The van der Waals surface area contributed by atoms with Crippen molar-refractivity contribution >= 4 is 16.9 Å². The Labute approximate surface area is 210 Å². The molecule has 10 nitrogen and oxygen atoms in total. The van der Waals surface area contributed by atoms with Gasteiger partial charge >= 0.3 is 0 Å². The number of nitrogens with two attached hydrogens (primary N) is 1. The van der Waals surface area contributed by atoms with Crippen LogP contribution in [-0.2, 0) is 6.54 Å². The van der Waals surface area contributed by atoms with Gasteiger partial charge in [-0.05, 0) is 56.7 Å². The van der Waals surface area contributed by atoms with Gasteiger partial charge in [0.05, 0.1) is 5.52 Å². The van der Waals surface area contributed by atoms with Gasteiger partial charge in [-0.25, -0.2) is 14.6 Å². The molecule has 0 saturated carbocycles. The number of benzene rings is 1. The van der Waals surface area contributed by atoms with Gasteiger partial charge in [0, 0.05) is 25.6 Å². The minimum absolute atomic E-state index is 0.140. The Bertz CT molecular complexity index is 1390. The predicted molar refractivity (Wildman–Crippen MR) is 137 cm³/mol. The Hall–Kier alpha value is -3.94. The predicted octanol–water partition coefficient (Wildman–Crippen LogP) is 3.28. The van der Waals surface area contributed by atoms with Crippen LogP contribution >= 0.6 is 0 Å². The molecule has 3 aromatic heterocycles. The first-order valence-corrected chi connectivity index (χ1v) is 11.8. The van der Waals surface area contributed by atoms with Gasteiger partial charge in [-0.3, -0.25) is 0 Å². The van der Waals surface area contributed by atoms with Gasteiger partial charge in [-0.15, -0.1) is 0 Å². The summed E-state index contributed by atoms with van der Waals surface area (Å²) in [5, 5.41) is 17.8. The number of nitrogen functional groups attached to an aromatic ring is 1. The maximum atomic E-state index is 10.2. The molecule has 0 aliphatic carbocycles. The molecule has 1 atom stereocenters. The fourth-order valence-electron chi connectivity index (χ4n) is 3.79. The molecule has 0 fully saturated rings. The molecule has 3 N–H and O–H groups in total. The maximum Gasteiger partial charge on any atom is 0.217 e. The standard InChI is InChI=1S/C26H31N7O3/c1-6-33-19-16-21(35-20(13-15-32(4)5)17-10-8-7-9-11-17)28-18(12-14-26(2,3)34)22(19)29-25(33)23-24(27)31-36-30-23/h7-11,16,20,34H,6,13,15H2,1-5H3,(H2,27,31). The zero-order valence-electron chi connectivity index (χ0n) is 21.2. The molecule has 0 radical (unpaired) electrons. The molecular formula is C26H31N7O3. The van der Waals surface area contributed by atoms with Crippen molar-refractivity contribution in [2.45, 2.75) is 45.4 Å². The Morgan fingerprint density at radius 1 is 1.19 bits per heavy atom. The Morgan fingerprint density at radius 2 is 1.94 bits per heavy atom. The fraction of sp³-hybridized carbons (Fsp3) is 0.385. The zero-order chi connectivity index (χ0) is 25.9. The molecule has 0 spiro atoms. The smallest absolute Gasteiger partial charge is 0.217 e. The first-order chi connectivity index (χ1) is 17.2. The van der Waals surface area contributed by atoms with Gasteiger partial charge in [0.25, 0.3) is 0 Å². The van der Waals surface area contributed by atoms with Gasteiger partial charge in [0.2, 0.25) is 5.88 Å². The molecule has 0 aliphatic rings. The first kappa shape index (κ1) is 25.2. The lowest BCUT2D eigenvalue weighted by Gasteiger charge is -2.21. The SMILES string of the molecule is CCn1c(-c2nonc2N)nc2c(C#CC(C)(C)O)nc(OC(CCN(C)C)c3ccccc3)cc21. The van der Waals surface area contributed by atoms with E-state index in [2.05, 4.69) is 27.1 Å². The van der Waals surface area contributed by atoms with Crippen LogP contribution in [-0.4, -0.2) is 61.1 Å². The molecular weight excluding hydrogens is 458 g/mol. The average molecular weight is 490 g/mol. The lowest BCUT2D eigenvalue weighted by Crippen LogP contribution is -2.19. The summed E-state index contributed by atoms with van der Waals surface area (Å²) in [5.74, 6) is 6.86. The Morgan fingerprint density at radius 3 is 2.56 bits per heavy atom. The van der Waals surface area contributed by atoms with Crippen molar-refractivity contribution in [2.75, 3.05) is 26.4 Å². The Balaban J connectivity index is 1.86. The molecule has 0 aliphatic heterocycles. The summed E-state index contributed by atoms with van der Waals surface area (Å²) in [7, 11) is 4.06. The summed E-state index contributed by atoms with van der Waals surface area (Å²) in [6.07, 6.45) is 0.544. The number of hydrogen-bond donors (Lipinski definition) is 2. The monoisotopic (exact) mass is 489 g/mol. The molecule has 188 valence electrons. The third-order valence-corrected chi connectivity index (χ3v) is 5.51. The van der Waals surface area contributed by atoms with E-state index in [4.69, 9.17) is 25.1 Å². The average Bonchev–Trinajstić information content (AvgIpc) is 3.42. The normalized spacial score (nSPS) is 12.5. The highest BCUT2D eigenvalue weighted by atomic mass is 16.6. The second-order valence-electron chi connectivity index (χ2n) is 9.27. The summed E-state index contributed by atoms with van der Waals surface area (Å²) in [6.45, 7) is 6.62. The molecule has 0 bridgehead atoms. The number of hydrogen-bond acceptors (Lipinski definition) is 9. The number of anilines is 1. The minimum atomic E-state index is -1.21. The van der Waals surface area contributed by atoms with Gasteiger partial charge < -0.3 is 25.0 Å². The quantitative estimate of drug-likeness (QED) is 0.358. The van der Waals surface area contributed by atoms with Gasteiger partial charge in [-0.1, -0.05) is 36.3 Å². The summed E-state index contributed by atoms with van der Waals surface area (Å²) < 4.78 is 13.2. The number of imidazole rings is 1. The largest absolute Gasteiger partial charge is 0.469 e. The van der Waals surface area contributed by atoms with Crippen LogP contribution in [0.15, 0.2) is 41.0 Å². The number of pyridine rings is 1. The van der Waals surface area contributed by atoms with Crippen LogP contribution < -0.4 is 10.5 Å². The molecule has 1 aromatic carbocycles. The number of ether oxygens (including phenoxy) is 1. The van der Waals surface area contributed by atoms with E-state index in [1.165, 1.54) is 0 Å². The number of aromatic nitrogens is 5. The third kappa shape index (κ3) is 5.64. The number of aryl methyl sites for hydroxylation is 1. The highest BCUT2D eigenvalue weighted by Gasteiger charge is 2.23. The summed E-state index contributed by atoms with van der Waals surface area (Å²) >= 11 is 0. The number of rotatable bonds is 8. The lowest BCUT2D eigenvalue weighted by molar-refractivity contribution is 0.143. The highest BCUT2D eigenvalue weighted by molar-refractivity contribution is 5.86. The minimum Gasteiger partial charge on any atom is -0.469 e. The van der Waals surface area contributed by atoms with E-state index in [1.807, 2.05) is 62.0 Å². The van der Waals surface area contributed by atoms with Gasteiger partial charge in [-0.2, -0.15) is 0 Å².